The van der Waals surface area contributed by atoms with Crippen LogP contribution >= 0.6 is 0 Å². The molecule has 0 saturated heterocycles. The van der Waals surface area contributed by atoms with Crippen LogP contribution in [0.1, 0.15) is 24.5 Å². The van der Waals surface area contributed by atoms with Crippen molar-refractivity contribution >= 4 is 11.9 Å². The van der Waals surface area contributed by atoms with E-state index in [2.05, 4.69) is 21.0 Å². The molecule has 3 N–H and O–H groups in total. The number of rotatable bonds is 8. The summed E-state index contributed by atoms with van der Waals surface area (Å²) in [6.45, 7) is 3.67. The van der Waals surface area contributed by atoms with Gasteiger partial charge in [-0.25, -0.2) is 4.79 Å². The van der Waals surface area contributed by atoms with Crippen LogP contribution < -0.4 is 16.0 Å². The Morgan fingerprint density at radius 3 is 2.50 bits per heavy atom. The summed E-state index contributed by atoms with van der Waals surface area (Å²) in [6, 6.07) is 9.63. The molecule has 128 valence electrons. The Morgan fingerprint density at radius 2 is 1.79 bits per heavy atom. The van der Waals surface area contributed by atoms with Crippen molar-refractivity contribution in [2.24, 2.45) is 0 Å². The van der Waals surface area contributed by atoms with Crippen molar-refractivity contribution in [1.29, 1.82) is 0 Å². The van der Waals surface area contributed by atoms with Crippen molar-refractivity contribution in [1.82, 2.24) is 25.7 Å². The van der Waals surface area contributed by atoms with Crippen molar-refractivity contribution in [3.05, 3.63) is 53.9 Å². The van der Waals surface area contributed by atoms with Crippen molar-refractivity contribution in [3.8, 4) is 0 Å². The summed E-state index contributed by atoms with van der Waals surface area (Å²) in [4.78, 5) is 22.5. The van der Waals surface area contributed by atoms with E-state index >= 15 is 0 Å². The second-order valence-corrected chi connectivity index (χ2v) is 5.42. The molecule has 7 heteroatoms. The van der Waals surface area contributed by atoms with Gasteiger partial charge < -0.3 is 16.0 Å². The van der Waals surface area contributed by atoms with Gasteiger partial charge in [0.15, 0.2) is 0 Å². The van der Waals surface area contributed by atoms with Gasteiger partial charge in [-0.3, -0.25) is 9.48 Å². The second-order valence-electron chi connectivity index (χ2n) is 5.42. The van der Waals surface area contributed by atoms with E-state index in [9.17, 15) is 9.59 Å². The van der Waals surface area contributed by atoms with Gasteiger partial charge in [0, 0.05) is 39.0 Å². The summed E-state index contributed by atoms with van der Waals surface area (Å²) in [6.07, 6.45) is 4.35. The highest BCUT2D eigenvalue weighted by Crippen LogP contribution is 2.10. The predicted molar refractivity (Wildman–Crippen MR) is 91.3 cm³/mol. The average molecular weight is 329 g/mol. The fraction of sp³-hybridized carbons (Fsp3) is 0.353. The lowest BCUT2D eigenvalue weighted by atomic mass is 10.1. The van der Waals surface area contributed by atoms with Crippen LogP contribution in [0.5, 0.6) is 0 Å². The molecule has 0 aliphatic heterocycles. The number of benzene rings is 1. The maximum Gasteiger partial charge on any atom is 0.315 e. The lowest BCUT2D eigenvalue weighted by Crippen LogP contribution is -2.36. The molecule has 0 atom stereocenters. The van der Waals surface area contributed by atoms with E-state index in [-0.39, 0.29) is 11.9 Å². The third-order valence-corrected chi connectivity index (χ3v) is 3.46. The van der Waals surface area contributed by atoms with Crippen molar-refractivity contribution in [3.63, 3.8) is 0 Å². The minimum atomic E-state index is -0.216. The molecule has 1 aromatic heterocycles. The minimum absolute atomic E-state index is 0.0618. The van der Waals surface area contributed by atoms with Gasteiger partial charge in [0.25, 0.3) is 0 Å². The fourth-order valence-electron chi connectivity index (χ4n) is 2.25. The summed E-state index contributed by atoms with van der Waals surface area (Å²) in [7, 11) is 0. The molecule has 0 fully saturated rings. The van der Waals surface area contributed by atoms with E-state index in [1.54, 1.807) is 6.20 Å². The lowest BCUT2D eigenvalue weighted by Gasteiger charge is -2.12. The third-order valence-electron chi connectivity index (χ3n) is 3.46. The molecule has 0 unspecified atom stereocenters. The van der Waals surface area contributed by atoms with E-state index in [1.165, 1.54) is 6.92 Å². The average Bonchev–Trinajstić information content (AvgIpc) is 3.06. The number of hydrogen-bond donors (Lipinski definition) is 3. The first-order valence-electron chi connectivity index (χ1n) is 7.95. The molecule has 3 amide bonds. The molecule has 1 aromatic carbocycles. The first-order valence-corrected chi connectivity index (χ1v) is 7.95. The number of nitrogens with zero attached hydrogens (tertiary/aromatic N) is 2. The van der Waals surface area contributed by atoms with Gasteiger partial charge in [0.2, 0.25) is 5.91 Å². The van der Waals surface area contributed by atoms with Crippen LogP contribution in [-0.2, 0) is 17.9 Å². The van der Waals surface area contributed by atoms with E-state index in [4.69, 9.17) is 0 Å². The Morgan fingerprint density at radius 1 is 1.04 bits per heavy atom. The number of hydrogen-bond acceptors (Lipinski definition) is 3. The topological polar surface area (TPSA) is 88.0 Å². The molecule has 7 nitrogen and oxygen atoms in total. The molecular formula is C17H23N5O2. The smallest absolute Gasteiger partial charge is 0.315 e. The van der Waals surface area contributed by atoms with Crippen molar-refractivity contribution < 1.29 is 9.59 Å². The number of carbonyl (C=O) groups excluding carboxylic acids is 2. The molecular weight excluding hydrogens is 306 g/mol. The summed E-state index contributed by atoms with van der Waals surface area (Å²) >= 11 is 0. The highest BCUT2D eigenvalue weighted by atomic mass is 16.2. The van der Waals surface area contributed by atoms with Crippen LogP contribution in [0.4, 0.5) is 4.79 Å². The highest BCUT2D eigenvalue weighted by molar-refractivity contribution is 5.74. The van der Waals surface area contributed by atoms with Gasteiger partial charge in [0.1, 0.15) is 0 Å². The molecule has 0 saturated carbocycles. The highest BCUT2D eigenvalue weighted by Gasteiger charge is 2.05. The van der Waals surface area contributed by atoms with Crippen LogP contribution in [0.3, 0.4) is 0 Å². The number of carbonyl (C=O) groups is 2. The Hall–Kier alpha value is -2.83. The first kappa shape index (κ1) is 17.5. The van der Waals surface area contributed by atoms with Crippen LogP contribution in [-0.4, -0.2) is 34.8 Å². The van der Waals surface area contributed by atoms with Crippen LogP contribution in [0.2, 0.25) is 0 Å². The molecule has 0 aliphatic rings. The Bertz CT molecular complexity index is 655. The molecule has 0 spiro atoms. The van der Waals surface area contributed by atoms with E-state index in [0.717, 1.165) is 11.1 Å². The van der Waals surface area contributed by atoms with Gasteiger partial charge in [-0.1, -0.05) is 24.3 Å². The van der Waals surface area contributed by atoms with Crippen LogP contribution in [0, 0.1) is 0 Å². The van der Waals surface area contributed by atoms with Gasteiger partial charge in [-0.15, -0.1) is 0 Å². The summed E-state index contributed by atoms with van der Waals surface area (Å²) < 4.78 is 1.85. The van der Waals surface area contributed by atoms with Crippen LogP contribution in [0.25, 0.3) is 0 Å². The summed E-state index contributed by atoms with van der Waals surface area (Å²) in [5.41, 5.74) is 2.17. The Labute approximate surface area is 141 Å². The molecule has 0 radical (unpaired) electrons. The zero-order chi connectivity index (χ0) is 17.2. The normalized spacial score (nSPS) is 10.2. The number of aromatic nitrogens is 2. The second kappa shape index (κ2) is 9.34. The zero-order valence-electron chi connectivity index (χ0n) is 13.8. The number of urea groups is 1. The molecule has 24 heavy (non-hydrogen) atoms. The van der Waals surface area contributed by atoms with Gasteiger partial charge in [0.05, 0.1) is 6.54 Å². The molecule has 2 aromatic rings. The third kappa shape index (κ3) is 6.12. The standard InChI is InChI=1S/C17H23N5O2/c1-14(23)18-8-4-9-19-17(24)20-12-15-6-2-3-7-16(15)13-22-11-5-10-21-22/h2-3,5-7,10-11H,4,8-9,12-13H2,1H3,(H,18,23)(H2,19,20,24). The minimum Gasteiger partial charge on any atom is -0.356 e. The Kier molecular flexibility index (Phi) is 6.82. The SMILES string of the molecule is CC(=O)NCCCNC(=O)NCc1ccccc1Cn1cccn1. The van der Waals surface area contributed by atoms with Gasteiger partial charge in [-0.05, 0) is 23.6 Å². The van der Waals surface area contributed by atoms with Gasteiger partial charge >= 0.3 is 6.03 Å². The van der Waals surface area contributed by atoms with Crippen molar-refractivity contribution in [2.75, 3.05) is 13.1 Å². The van der Waals surface area contributed by atoms with E-state index in [0.29, 0.717) is 32.6 Å². The fourth-order valence-corrected chi connectivity index (χ4v) is 2.25. The van der Waals surface area contributed by atoms with Crippen LogP contribution in [0.15, 0.2) is 42.7 Å². The maximum atomic E-state index is 11.8. The monoisotopic (exact) mass is 329 g/mol. The van der Waals surface area contributed by atoms with Crippen molar-refractivity contribution in [2.45, 2.75) is 26.4 Å². The molecule has 0 aliphatic carbocycles. The summed E-state index contributed by atoms with van der Waals surface area (Å²) in [5, 5.41) is 12.5. The quantitative estimate of drug-likeness (QED) is 0.637. The zero-order valence-corrected chi connectivity index (χ0v) is 13.8. The lowest BCUT2D eigenvalue weighted by molar-refractivity contribution is -0.118. The predicted octanol–water partition coefficient (Wildman–Crippen LogP) is 1.26. The van der Waals surface area contributed by atoms with E-state index in [1.807, 2.05) is 41.2 Å². The molecule has 1 heterocycles. The maximum absolute atomic E-state index is 11.8. The number of amides is 3. The summed E-state index contributed by atoms with van der Waals surface area (Å²) in [5.74, 6) is -0.0618. The Balaban J connectivity index is 1.75. The van der Waals surface area contributed by atoms with Gasteiger partial charge in [-0.2, -0.15) is 5.10 Å². The molecule has 0 bridgehead atoms. The van der Waals surface area contributed by atoms with E-state index < -0.39 is 0 Å². The largest absolute Gasteiger partial charge is 0.356 e. The molecule has 2 rings (SSSR count). The first-order chi connectivity index (χ1) is 11.6. The number of nitrogens with one attached hydrogen (secondary N) is 3.